The predicted octanol–water partition coefficient (Wildman–Crippen LogP) is 3.77. The van der Waals surface area contributed by atoms with Gasteiger partial charge in [0.2, 0.25) is 0 Å². The molecule has 21 heavy (non-hydrogen) atoms. The van der Waals surface area contributed by atoms with Crippen LogP contribution >= 0.6 is 28.1 Å². The second kappa shape index (κ2) is 7.04. The first-order chi connectivity index (χ1) is 10.0. The molecule has 0 saturated heterocycles. The maximum Gasteiger partial charge on any atom is 0.171 e. The standard InChI is InChI=1S/C15H19BrN4S/c1-4-20-11(3)14(10(2)19-20)9-17-15(21)18-13-7-5-12(16)6-8-13/h5-8H,4,9H2,1-3H3,(H2,17,18,21). The molecule has 0 fully saturated rings. The van der Waals surface area contributed by atoms with Crippen molar-refractivity contribution in [2.24, 2.45) is 0 Å². The van der Waals surface area contributed by atoms with Crippen LogP contribution in [0.2, 0.25) is 0 Å². The second-order valence-corrected chi connectivity index (χ2v) is 6.10. The summed E-state index contributed by atoms with van der Waals surface area (Å²) < 4.78 is 3.06. The van der Waals surface area contributed by atoms with Crippen LogP contribution in [-0.2, 0) is 13.1 Å². The molecule has 1 aromatic carbocycles. The van der Waals surface area contributed by atoms with Crippen molar-refractivity contribution in [2.75, 3.05) is 5.32 Å². The minimum atomic E-state index is 0.611. The predicted molar refractivity (Wildman–Crippen MR) is 94.6 cm³/mol. The third-order valence-electron chi connectivity index (χ3n) is 3.36. The van der Waals surface area contributed by atoms with Crippen LogP contribution in [0.5, 0.6) is 0 Å². The average molecular weight is 367 g/mol. The summed E-state index contributed by atoms with van der Waals surface area (Å²) in [6, 6.07) is 7.91. The number of halogens is 1. The quantitative estimate of drug-likeness (QED) is 0.808. The van der Waals surface area contributed by atoms with Gasteiger partial charge in [-0.3, -0.25) is 4.68 Å². The number of rotatable bonds is 4. The van der Waals surface area contributed by atoms with Crippen molar-refractivity contribution in [1.82, 2.24) is 15.1 Å². The minimum Gasteiger partial charge on any atom is -0.358 e. The molecular weight excluding hydrogens is 348 g/mol. The molecule has 0 bridgehead atoms. The summed E-state index contributed by atoms with van der Waals surface area (Å²) in [6.07, 6.45) is 0. The van der Waals surface area contributed by atoms with Crippen LogP contribution in [0.1, 0.15) is 23.9 Å². The van der Waals surface area contributed by atoms with Gasteiger partial charge in [0.05, 0.1) is 5.69 Å². The summed E-state index contributed by atoms with van der Waals surface area (Å²) in [5, 5.41) is 11.5. The highest BCUT2D eigenvalue weighted by molar-refractivity contribution is 9.10. The van der Waals surface area contributed by atoms with Crippen molar-refractivity contribution >= 4 is 38.9 Å². The summed E-state index contributed by atoms with van der Waals surface area (Å²) in [5.41, 5.74) is 4.41. The summed E-state index contributed by atoms with van der Waals surface area (Å²) in [6.45, 7) is 7.78. The third-order valence-corrected chi connectivity index (χ3v) is 4.13. The molecule has 112 valence electrons. The lowest BCUT2D eigenvalue weighted by atomic mass is 10.2. The highest BCUT2D eigenvalue weighted by Gasteiger charge is 2.10. The van der Waals surface area contributed by atoms with Crippen molar-refractivity contribution in [2.45, 2.75) is 33.9 Å². The summed E-state index contributed by atoms with van der Waals surface area (Å²) >= 11 is 8.74. The number of nitrogens with one attached hydrogen (secondary N) is 2. The Hall–Kier alpha value is -1.40. The molecular formula is C15H19BrN4S. The molecule has 2 rings (SSSR count). The van der Waals surface area contributed by atoms with Gasteiger partial charge in [0, 0.05) is 34.5 Å². The zero-order chi connectivity index (χ0) is 15.4. The van der Waals surface area contributed by atoms with Crippen LogP contribution in [-0.4, -0.2) is 14.9 Å². The normalized spacial score (nSPS) is 10.5. The number of nitrogens with zero attached hydrogens (tertiary/aromatic N) is 2. The molecule has 2 aromatic rings. The van der Waals surface area contributed by atoms with Gasteiger partial charge < -0.3 is 10.6 Å². The number of aromatic nitrogens is 2. The highest BCUT2D eigenvalue weighted by atomic mass is 79.9. The van der Waals surface area contributed by atoms with Crippen molar-refractivity contribution in [3.05, 3.63) is 45.7 Å². The van der Waals surface area contributed by atoms with Crippen LogP contribution < -0.4 is 10.6 Å². The van der Waals surface area contributed by atoms with E-state index in [1.54, 1.807) is 0 Å². The first-order valence-corrected chi connectivity index (χ1v) is 8.04. The van der Waals surface area contributed by atoms with Gasteiger partial charge in [0.25, 0.3) is 0 Å². The maximum absolute atomic E-state index is 5.33. The number of anilines is 1. The Labute approximate surface area is 139 Å². The van der Waals surface area contributed by atoms with Crippen molar-refractivity contribution in [1.29, 1.82) is 0 Å². The molecule has 0 aliphatic rings. The lowest BCUT2D eigenvalue weighted by molar-refractivity contribution is 0.633. The lowest BCUT2D eigenvalue weighted by Gasteiger charge is -2.11. The highest BCUT2D eigenvalue weighted by Crippen LogP contribution is 2.15. The van der Waals surface area contributed by atoms with Crippen LogP contribution in [0, 0.1) is 13.8 Å². The summed E-state index contributed by atoms with van der Waals surface area (Å²) in [7, 11) is 0. The van der Waals surface area contributed by atoms with E-state index in [1.807, 2.05) is 35.9 Å². The zero-order valence-corrected chi connectivity index (χ0v) is 14.8. The van der Waals surface area contributed by atoms with E-state index < -0.39 is 0 Å². The Morgan fingerprint density at radius 1 is 1.29 bits per heavy atom. The number of hydrogen-bond acceptors (Lipinski definition) is 2. The van der Waals surface area contributed by atoms with E-state index in [-0.39, 0.29) is 0 Å². The number of aryl methyl sites for hydroxylation is 2. The molecule has 0 aliphatic heterocycles. The smallest absolute Gasteiger partial charge is 0.171 e. The molecule has 0 unspecified atom stereocenters. The van der Waals surface area contributed by atoms with Gasteiger partial charge in [0.15, 0.2) is 5.11 Å². The van der Waals surface area contributed by atoms with Gasteiger partial charge in [-0.2, -0.15) is 5.10 Å². The third kappa shape index (κ3) is 4.04. The Kier molecular flexibility index (Phi) is 5.36. The molecule has 6 heteroatoms. The van der Waals surface area contributed by atoms with Gasteiger partial charge in [-0.15, -0.1) is 0 Å². The first-order valence-electron chi connectivity index (χ1n) is 6.84. The Balaban J connectivity index is 1.95. The molecule has 0 radical (unpaired) electrons. The Morgan fingerprint density at radius 3 is 2.52 bits per heavy atom. The maximum atomic E-state index is 5.33. The SMILES string of the molecule is CCn1nc(C)c(CNC(=S)Nc2ccc(Br)cc2)c1C. The van der Waals surface area contributed by atoms with Crippen molar-refractivity contribution in [3.8, 4) is 0 Å². The zero-order valence-electron chi connectivity index (χ0n) is 12.4. The average Bonchev–Trinajstić information content (AvgIpc) is 2.74. The van der Waals surface area contributed by atoms with Crippen molar-refractivity contribution < 1.29 is 0 Å². The summed E-state index contributed by atoms with van der Waals surface area (Å²) in [5.74, 6) is 0. The fraction of sp³-hybridized carbons (Fsp3) is 0.333. The summed E-state index contributed by atoms with van der Waals surface area (Å²) in [4.78, 5) is 0. The topological polar surface area (TPSA) is 41.9 Å². The number of benzene rings is 1. The number of hydrogen-bond donors (Lipinski definition) is 2. The van der Waals surface area contributed by atoms with Crippen LogP contribution in [0.3, 0.4) is 0 Å². The van der Waals surface area contributed by atoms with E-state index >= 15 is 0 Å². The van der Waals surface area contributed by atoms with E-state index in [0.717, 1.165) is 22.4 Å². The lowest BCUT2D eigenvalue weighted by Crippen LogP contribution is -2.28. The molecule has 0 spiro atoms. The van der Waals surface area contributed by atoms with Gasteiger partial charge in [-0.25, -0.2) is 0 Å². The molecule has 1 aromatic heterocycles. The minimum absolute atomic E-state index is 0.611. The molecule has 2 N–H and O–H groups in total. The van der Waals surface area contributed by atoms with E-state index in [0.29, 0.717) is 11.7 Å². The van der Waals surface area contributed by atoms with E-state index in [9.17, 15) is 0 Å². The van der Waals surface area contributed by atoms with Gasteiger partial charge in [-0.1, -0.05) is 15.9 Å². The van der Waals surface area contributed by atoms with Crippen LogP contribution in [0.4, 0.5) is 5.69 Å². The van der Waals surface area contributed by atoms with Crippen LogP contribution in [0.15, 0.2) is 28.7 Å². The molecule has 0 saturated carbocycles. The molecule has 0 amide bonds. The van der Waals surface area contributed by atoms with Gasteiger partial charge >= 0.3 is 0 Å². The van der Waals surface area contributed by atoms with Crippen molar-refractivity contribution in [3.63, 3.8) is 0 Å². The first kappa shape index (κ1) is 16.0. The second-order valence-electron chi connectivity index (χ2n) is 4.78. The van der Waals surface area contributed by atoms with E-state index in [4.69, 9.17) is 12.2 Å². The fourth-order valence-electron chi connectivity index (χ4n) is 2.17. The fourth-order valence-corrected chi connectivity index (χ4v) is 2.63. The molecule has 0 atom stereocenters. The monoisotopic (exact) mass is 366 g/mol. The Morgan fingerprint density at radius 2 is 1.95 bits per heavy atom. The van der Waals surface area contributed by atoms with E-state index in [1.165, 1.54) is 11.3 Å². The molecule has 4 nitrogen and oxygen atoms in total. The van der Waals surface area contributed by atoms with Gasteiger partial charge in [0.1, 0.15) is 0 Å². The number of thiocarbonyl (C=S) groups is 1. The van der Waals surface area contributed by atoms with Crippen LogP contribution in [0.25, 0.3) is 0 Å². The Bertz CT molecular complexity index is 634. The molecule has 0 aliphatic carbocycles. The van der Waals surface area contributed by atoms with E-state index in [2.05, 4.69) is 45.5 Å². The largest absolute Gasteiger partial charge is 0.358 e. The molecule has 1 heterocycles. The van der Waals surface area contributed by atoms with Gasteiger partial charge in [-0.05, 0) is 57.3 Å².